The van der Waals surface area contributed by atoms with Crippen LogP contribution in [0.5, 0.6) is 0 Å². The van der Waals surface area contributed by atoms with Gasteiger partial charge in [-0.2, -0.15) is 0 Å². The van der Waals surface area contributed by atoms with Crippen molar-refractivity contribution in [1.82, 2.24) is 0 Å². The van der Waals surface area contributed by atoms with Crippen LogP contribution in [-0.2, 0) is 11.3 Å². The molecule has 0 N–H and O–H groups in total. The molecule has 0 radical (unpaired) electrons. The Bertz CT molecular complexity index is 405. The number of rotatable bonds is 3. The first kappa shape index (κ1) is 11.6. The summed E-state index contributed by atoms with van der Waals surface area (Å²) in [6.07, 6.45) is 0. The number of carbonyl (C=O) groups excluding carboxylic acids is 1. The summed E-state index contributed by atoms with van der Waals surface area (Å²) in [5.74, 6) is 0. The Morgan fingerprint density at radius 2 is 2.27 bits per heavy atom. The third-order valence-corrected chi connectivity index (χ3v) is 2.07. The molecule has 0 atom stereocenters. The van der Waals surface area contributed by atoms with E-state index in [-0.39, 0.29) is 12.3 Å². The lowest BCUT2D eigenvalue weighted by molar-refractivity contribution is -0.386. The highest BCUT2D eigenvalue weighted by atomic mass is 79.9. The number of carbonyl (C=O) groups is 1. The van der Waals surface area contributed by atoms with Crippen LogP contribution in [0.25, 0.3) is 0 Å². The second-order valence-electron chi connectivity index (χ2n) is 2.87. The molecule has 0 aliphatic heterocycles. The van der Waals surface area contributed by atoms with Gasteiger partial charge < -0.3 is 4.74 Å². The summed E-state index contributed by atoms with van der Waals surface area (Å²) in [5.41, 5.74) is 0.919. The van der Waals surface area contributed by atoms with Crippen LogP contribution in [0.1, 0.15) is 11.1 Å². The average molecular weight is 274 g/mol. The number of hydrogen-bond acceptors (Lipinski definition) is 4. The molecule has 0 saturated carbocycles. The number of ether oxygens (including phenoxy) is 1. The number of nitrogens with zero attached hydrogens (tertiary/aromatic N) is 1. The number of nitro groups is 1. The predicted octanol–water partition coefficient (Wildman–Crippen LogP) is 2.93. The molecular weight excluding hydrogens is 266 g/mol. The molecule has 15 heavy (non-hydrogen) atoms. The lowest BCUT2D eigenvalue weighted by Gasteiger charge is -2.04. The van der Waals surface area contributed by atoms with Crippen LogP contribution in [0.2, 0.25) is 0 Å². The minimum absolute atomic E-state index is 0.00810. The maximum Gasteiger partial charge on any atom is 0.374 e. The van der Waals surface area contributed by atoms with Gasteiger partial charge in [-0.15, -0.1) is 0 Å². The normalized spacial score (nSPS) is 9.73. The Labute approximate surface area is 94.3 Å². The minimum atomic E-state index is -0.640. The summed E-state index contributed by atoms with van der Waals surface area (Å²) < 4.78 is 4.65. The van der Waals surface area contributed by atoms with Crippen LogP contribution in [0.4, 0.5) is 10.5 Å². The van der Waals surface area contributed by atoms with Crippen molar-refractivity contribution >= 4 is 26.5 Å². The Morgan fingerprint density at radius 1 is 1.60 bits per heavy atom. The van der Waals surface area contributed by atoms with Gasteiger partial charge in [0.25, 0.3) is 5.69 Å². The quantitative estimate of drug-likeness (QED) is 0.482. The zero-order valence-corrected chi connectivity index (χ0v) is 9.48. The summed E-state index contributed by atoms with van der Waals surface area (Å²) in [5, 5.41) is 10.7. The first-order valence-corrected chi connectivity index (χ1v) is 4.87. The number of para-hydroxylation sites is 1. The van der Waals surface area contributed by atoms with Gasteiger partial charge in [0.05, 0.1) is 10.5 Å². The molecule has 1 aromatic carbocycles. The second kappa shape index (κ2) is 4.88. The molecule has 1 aromatic rings. The molecule has 5 nitrogen and oxygen atoms in total. The Hall–Kier alpha value is -1.43. The smallest absolute Gasteiger partial charge is 0.374 e. The van der Waals surface area contributed by atoms with Crippen LogP contribution in [0.15, 0.2) is 18.2 Å². The molecule has 0 amide bonds. The van der Waals surface area contributed by atoms with Gasteiger partial charge >= 0.3 is 4.88 Å². The number of benzene rings is 1. The fourth-order valence-electron chi connectivity index (χ4n) is 1.23. The van der Waals surface area contributed by atoms with E-state index in [4.69, 9.17) is 0 Å². The Kier molecular flexibility index (Phi) is 3.79. The number of hydrogen-bond donors (Lipinski definition) is 0. The van der Waals surface area contributed by atoms with Crippen molar-refractivity contribution in [3.63, 3.8) is 0 Å². The Morgan fingerprint density at radius 3 is 2.80 bits per heavy atom. The molecule has 0 spiro atoms. The highest BCUT2D eigenvalue weighted by Gasteiger charge is 2.17. The first-order chi connectivity index (χ1) is 7.02. The maximum absolute atomic E-state index is 10.7. The monoisotopic (exact) mass is 273 g/mol. The van der Waals surface area contributed by atoms with E-state index in [2.05, 4.69) is 20.7 Å². The van der Waals surface area contributed by atoms with E-state index in [1.54, 1.807) is 25.1 Å². The van der Waals surface area contributed by atoms with Gasteiger partial charge in [0.1, 0.15) is 6.61 Å². The number of halogens is 1. The SMILES string of the molecule is Cc1cccc(COC(=O)Br)c1[N+](=O)[O-]. The summed E-state index contributed by atoms with van der Waals surface area (Å²) in [6, 6.07) is 4.87. The van der Waals surface area contributed by atoms with Crippen LogP contribution >= 0.6 is 15.9 Å². The van der Waals surface area contributed by atoms with E-state index in [9.17, 15) is 14.9 Å². The van der Waals surface area contributed by atoms with Gasteiger partial charge in [-0.25, -0.2) is 4.79 Å². The van der Waals surface area contributed by atoms with Crippen molar-refractivity contribution in [2.75, 3.05) is 0 Å². The molecule has 0 aromatic heterocycles. The molecule has 0 aliphatic rings. The highest BCUT2D eigenvalue weighted by molar-refractivity contribution is 9.18. The maximum atomic E-state index is 10.7. The third kappa shape index (κ3) is 3.02. The zero-order valence-electron chi connectivity index (χ0n) is 7.90. The minimum Gasteiger partial charge on any atom is -0.452 e. The second-order valence-corrected chi connectivity index (χ2v) is 3.51. The number of aryl methyl sites for hydroxylation is 1. The van der Waals surface area contributed by atoms with Gasteiger partial charge in [0.15, 0.2) is 0 Å². The van der Waals surface area contributed by atoms with Crippen molar-refractivity contribution in [1.29, 1.82) is 0 Å². The molecule has 0 heterocycles. The number of nitro benzene ring substituents is 1. The summed E-state index contributed by atoms with van der Waals surface area (Å²) in [7, 11) is 0. The summed E-state index contributed by atoms with van der Waals surface area (Å²) in [6.45, 7) is 1.53. The third-order valence-electron chi connectivity index (χ3n) is 1.85. The average Bonchev–Trinajstić information content (AvgIpc) is 2.13. The molecular formula is C9H8BrNO4. The van der Waals surface area contributed by atoms with Crippen molar-refractivity contribution < 1.29 is 14.5 Å². The summed E-state index contributed by atoms with van der Waals surface area (Å²) in [4.78, 5) is 20.1. The van der Waals surface area contributed by atoms with Crippen LogP contribution in [0, 0.1) is 17.0 Å². The van der Waals surface area contributed by atoms with Gasteiger partial charge in [-0.1, -0.05) is 12.1 Å². The van der Waals surface area contributed by atoms with Crippen molar-refractivity contribution in [2.24, 2.45) is 0 Å². The largest absolute Gasteiger partial charge is 0.452 e. The van der Waals surface area contributed by atoms with Gasteiger partial charge in [-0.3, -0.25) is 10.1 Å². The molecule has 6 heteroatoms. The van der Waals surface area contributed by atoms with Gasteiger partial charge in [0, 0.05) is 21.5 Å². The lowest BCUT2D eigenvalue weighted by Crippen LogP contribution is -2.01. The molecule has 0 fully saturated rings. The van der Waals surface area contributed by atoms with E-state index in [1.807, 2.05) is 0 Å². The van der Waals surface area contributed by atoms with Crippen LogP contribution < -0.4 is 0 Å². The molecule has 80 valence electrons. The van der Waals surface area contributed by atoms with E-state index < -0.39 is 9.80 Å². The fraction of sp³-hybridized carbons (Fsp3) is 0.222. The van der Waals surface area contributed by atoms with E-state index in [0.29, 0.717) is 11.1 Å². The topological polar surface area (TPSA) is 69.4 Å². The molecule has 0 unspecified atom stereocenters. The van der Waals surface area contributed by atoms with Gasteiger partial charge in [-0.05, 0) is 13.0 Å². The van der Waals surface area contributed by atoms with Crippen LogP contribution in [-0.4, -0.2) is 9.80 Å². The fourth-order valence-corrected chi connectivity index (χ4v) is 1.35. The van der Waals surface area contributed by atoms with E-state index in [1.165, 1.54) is 0 Å². The van der Waals surface area contributed by atoms with Crippen molar-refractivity contribution in [3.05, 3.63) is 39.4 Å². The first-order valence-electron chi connectivity index (χ1n) is 4.07. The molecule has 1 rings (SSSR count). The predicted molar refractivity (Wildman–Crippen MR) is 56.9 cm³/mol. The van der Waals surface area contributed by atoms with E-state index in [0.717, 1.165) is 0 Å². The van der Waals surface area contributed by atoms with Crippen molar-refractivity contribution in [2.45, 2.75) is 13.5 Å². The standard InChI is InChI=1S/C9H8BrNO4/c1-6-3-2-4-7(5-15-9(10)12)8(6)11(13)14/h2-4H,5H2,1H3. The Balaban J connectivity index is 3.01. The molecule has 0 aliphatic carbocycles. The highest BCUT2D eigenvalue weighted by Crippen LogP contribution is 2.23. The van der Waals surface area contributed by atoms with Crippen molar-refractivity contribution in [3.8, 4) is 0 Å². The molecule has 0 saturated heterocycles. The molecule has 0 bridgehead atoms. The van der Waals surface area contributed by atoms with Gasteiger partial charge in [0.2, 0.25) is 0 Å². The van der Waals surface area contributed by atoms with Crippen LogP contribution in [0.3, 0.4) is 0 Å². The zero-order chi connectivity index (χ0) is 11.4. The van der Waals surface area contributed by atoms with E-state index >= 15 is 0 Å². The summed E-state index contributed by atoms with van der Waals surface area (Å²) >= 11 is 2.58. The lowest BCUT2D eigenvalue weighted by atomic mass is 10.1.